The van der Waals surface area contributed by atoms with Crippen molar-refractivity contribution in [2.45, 2.75) is 19.8 Å². The second-order valence-electron chi connectivity index (χ2n) is 5.05. The van der Waals surface area contributed by atoms with E-state index in [1.54, 1.807) is 13.2 Å². The summed E-state index contributed by atoms with van der Waals surface area (Å²) >= 11 is 0. The lowest BCUT2D eigenvalue weighted by Crippen LogP contribution is -2.49. The third kappa shape index (κ3) is 3.24. The summed E-state index contributed by atoms with van der Waals surface area (Å²) in [7, 11) is 0. The number of nitrogens with zero attached hydrogens (tertiary/aromatic N) is 4. The number of carbonyl (C=O) groups excluding carboxylic acids is 1. The van der Waals surface area contributed by atoms with Crippen LogP contribution in [0.25, 0.3) is 0 Å². The Balaban J connectivity index is 1.47. The number of furan rings is 1. The summed E-state index contributed by atoms with van der Waals surface area (Å²) in [6.45, 7) is 4.56. The highest BCUT2D eigenvalue weighted by Crippen LogP contribution is 2.15. The maximum absolute atomic E-state index is 12.2. The second-order valence-corrected chi connectivity index (χ2v) is 5.05. The molecule has 1 aliphatic heterocycles. The van der Waals surface area contributed by atoms with Crippen molar-refractivity contribution < 1.29 is 13.6 Å². The van der Waals surface area contributed by atoms with Crippen molar-refractivity contribution in [3.05, 3.63) is 30.0 Å². The van der Waals surface area contributed by atoms with E-state index in [2.05, 4.69) is 10.2 Å². The highest BCUT2D eigenvalue weighted by atomic mass is 16.4. The molecule has 0 aromatic carbocycles. The first-order valence-electron chi connectivity index (χ1n) is 7.07. The molecule has 2 aromatic rings. The minimum atomic E-state index is 0.160. The zero-order valence-corrected chi connectivity index (χ0v) is 12.0. The molecule has 7 nitrogen and oxygen atoms in total. The predicted octanol–water partition coefficient (Wildman–Crippen LogP) is 1.25. The Morgan fingerprint density at radius 1 is 1.29 bits per heavy atom. The quantitative estimate of drug-likeness (QED) is 0.843. The molecule has 7 heteroatoms. The van der Waals surface area contributed by atoms with Gasteiger partial charge in [0.1, 0.15) is 5.76 Å². The van der Waals surface area contributed by atoms with Gasteiger partial charge in [0.2, 0.25) is 11.8 Å². The van der Waals surface area contributed by atoms with Crippen molar-refractivity contribution in [2.24, 2.45) is 0 Å². The molecule has 0 radical (unpaired) electrons. The van der Waals surface area contributed by atoms with E-state index in [1.807, 2.05) is 21.9 Å². The smallest absolute Gasteiger partial charge is 0.318 e. The monoisotopic (exact) mass is 290 g/mol. The first kappa shape index (κ1) is 13.7. The van der Waals surface area contributed by atoms with Crippen LogP contribution in [0.3, 0.4) is 0 Å². The van der Waals surface area contributed by atoms with Crippen LogP contribution in [0.2, 0.25) is 0 Å². The first-order chi connectivity index (χ1) is 10.2. The fraction of sp³-hybridized carbons (Fsp3) is 0.500. The van der Waals surface area contributed by atoms with Gasteiger partial charge < -0.3 is 18.6 Å². The number of piperazine rings is 1. The Labute approximate surface area is 122 Å². The van der Waals surface area contributed by atoms with Crippen molar-refractivity contribution in [3.8, 4) is 0 Å². The number of hydrogen-bond acceptors (Lipinski definition) is 6. The zero-order chi connectivity index (χ0) is 14.7. The lowest BCUT2D eigenvalue weighted by Gasteiger charge is -2.33. The lowest BCUT2D eigenvalue weighted by atomic mass is 10.2. The van der Waals surface area contributed by atoms with Crippen LogP contribution in [0.5, 0.6) is 0 Å². The highest BCUT2D eigenvalue weighted by molar-refractivity contribution is 5.76. The molecule has 3 rings (SSSR count). The second kappa shape index (κ2) is 5.99. The summed E-state index contributed by atoms with van der Waals surface area (Å²) in [6.07, 6.45) is 2.76. The molecule has 1 saturated heterocycles. The number of carbonyl (C=O) groups is 1. The molecular weight excluding hydrogens is 272 g/mol. The van der Waals surface area contributed by atoms with Gasteiger partial charge in [-0.05, 0) is 12.1 Å². The van der Waals surface area contributed by atoms with Crippen LogP contribution >= 0.6 is 0 Å². The minimum Gasteiger partial charge on any atom is -0.469 e. The molecule has 0 spiro atoms. The van der Waals surface area contributed by atoms with Crippen LogP contribution in [-0.4, -0.2) is 47.2 Å². The van der Waals surface area contributed by atoms with Crippen LogP contribution in [0.15, 0.2) is 27.2 Å². The number of amides is 1. The summed E-state index contributed by atoms with van der Waals surface area (Å²) in [4.78, 5) is 16.0. The largest absolute Gasteiger partial charge is 0.469 e. The molecule has 1 aliphatic rings. The molecule has 2 aromatic heterocycles. The maximum Gasteiger partial charge on any atom is 0.318 e. The average molecular weight is 290 g/mol. The first-order valence-corrected chi connectivity index (χ1v) is 7.07. The molecule has 21 heavy (non-hydrogen) atoms. The number of hydrogen-bond donors (Lipinski definition) is 0. The van der Waals surface area contributed by atoms with Gasteiger partial charge >= 0.3 is 6.01 Å². The van der Waals surface area contributed by atoms with Crippen LogP contribution in [-0.2, 0) is 11.2 Å². The Kier molecular flexibility index (Phi) is 3.89. The Morgan fingerprint density at radius 2 is 2.10 bits per heavy atom. The fourth-order valence-corrected chi connectivity index (χ4v) is 2.40. The number of aromatic nitrogens is 2. The van der Waals surface area contributed by atoms with E-state index in [0.717, 1.165) is 5.76 Å². The zero-order valence-electron chi connectivity index (χ0n) is 12.0. The fourth-order valence-electron chi connectivity index (χ4n) is 2.40. The van der Waals surface area contributed by atoms with Crippen LogP contribution in [0.4, 0.5) is 6.01 Å². The average Bonchev–Trinajstić information content (AvgIpc) is 3.16. The van der Waals surface area contributed by atoms with Gasteiger partial charge in [-0.25, -0.2) is 0 Å². The molecule has 0 N–H and O–H groups in total. The Morgan fingerprint density at radius 3 is 2.71 bits per heavy atom. The number of rotatable bonds is 4. The lowest BCUT2D eigenvalue weighted by molar-refractivity contribution is -0.131. The maximum atomic E-state index is 12.2. The van der Waals surface area contributed by atoms with Gasteiger partial charge in [0.25, 0.3) is 0 Å². The van der Waals surface area contributed by atoms with Gasteiger partial charge in [0.05, 0.1) is 6.26 Å². The third-order valence-corrected chi connectivity index (χ3v) is 3.58. The molecule has 1 amide bonds. The number of aryl methyl sites for hydroxylation is 2. The molecule has 0 atom stereocenters. The van der Waals surface area contributed by atoms with E-state index in [1.165, 1.54) is 0 Å². The van der Waals surface area contributed by atoms with E-state index in [-0.39, 0.29) is 5.91 Å². The van der Waals surface area contributed by atoms with E-state index >= 15 is 0 Å². The van der Waals surface area contributed by atoms with E-state index in [4.69, 9.17) is 8.83 Å². The van der Waals surface area contributed by atoms with Crippen LogP contribution < -0.4 is 4.90 Å². The van der Waals surface area contributed by atoms with Gasteiger partial charge in [-0.15, -0.1) is 5.10 Å². The van der Waals surface area contributed by atoms with Gasteiger partial charge in [-0.2, -0.15) is 0 Å². The molecule has 0 bridgehead atoms. The van der Waals surface area contributed by atoms with Crippen molar-refractivity contribution in [3.63, 3.8) is 0 Å². The molecule has 0 saturated carbocycles. The van der Waals surface area contributed by atoms with Crippen LogP contribution in [0.1, 0.15) is 18.1 Å². The Bertz CT molecular complexity index is 585. The van der Waals surface area contributed by atoms with Crippen LogP contribution in [0, 0.1) is 6.92 Å². The van der Waals surface area contributed by atoms with Crippen molar-refractivity contribution >= 4 is 11.9 Å². The highest BCUT2D eigenvalue weighted by Gasteiger charge is 2.23. The summed E-state index contributed by atoms with van der Waals surface area (Å²) in [5.74, 6) is 1.57. The summed E-state index contributed by atoms with van der Waals surface area (Å²) in [5.41, 5.74) is 0. The SMILES string of the molecule is Cc1nnc(N2CCN(C(=O)CCc3ccco3)CC2)o1. The summed E-state index contributed by atoms with van der Waals surface area (Å²) in [6, 6.07) is 4.27. The van der Waals surface area contributed by atoms with E-state index < -0.39 is 0 Å². The van der Waals surface area contributed by atoms with Crippen molar-refractivity contribution in [1.29, 1.82) is 0 Å². The topological polar surface area (TPSA) is 75.6 Å². The van der Waals surface area contributed by atoms with Gasteiger partial charge in [0.15, 0.2) is 0 Å². The molecule has 112 valence electrons. The predicted molar refractivity (Wildman–Crippen MR) is 74.9 cm³/mol. The van der Waals surface area contributed by atoms with Crippen molar-refractivity contribution in [1.82, 2.24) is 15.1 Å². The van der Waals surface area contributed by atoms with E-state index in [0.29, 0.717) is 50.9 Å². The summed E-state index contributed by atoms with van der Waals surface area (Å²) < 4.78 is 10.6. The number of anilines is 1. The normalized spacial score (nSPS) is 15.5. The Hall–Kier alpha value is -2.31. The molecular formula is C14H18N4O3. The van der Waals surface area contributed by atoms with Gasteiger partial charge in [0, 0.05) is 45.9 Å². The molecule has 0 aliphatic carbocycles. The van der Waals surface area contributed by atoms with Gasteiger partial charge in [-0.1, -0.05) is 5.10 Å². The summed E-state index contributed by atoms with van der Waals surface area (Å²) in [5, 5.41) is 7.83. The molecule has 0 unspecified atom stereocenters. The minimum absolute atomic E-state index is 0.160. The molecule has 3 heterocycles. The third-order valence-electron chi connectivity index (χ3n) is 3.58. The van der Waals surface area contributed by atoms with E-state index in [9.17, 15) is 4.79 Å². The molecule has 1 fully saturated rings. The van der Waals surface area contributed by atoms with Gasteiger partial charge in [-0.3, -0.25) is 4.79 Å². The standard InChI is InChI=1S/C14H18N4O3/c1-11-15-16-14(21-11)18-8-6-17(7-9-18)13(19)5-4-12-3-2-10-20-12/h2-3,10H,4-9H2,1H3. The van der Waals surface area contributed by atoms with Crippen molar-refractivity contribution in [2.75, 3.05) is 31.1 Å².